The summed E-state index contributed by atoms with van der Waals surface area (Å²) in [7, 11) is 0. The van der Waals surface area contributed by atoms with Crippen molar-refractivity contribution >= 4 is 17.7 Å². The Kier molecular flexibility index (Phi) is 4.34. The molecule has 0 unspecified atom stereocenters. The van der Waals surface area contributed by atoms with Gasteiger partial charge in [-0.1, -0.05) is 17.8 Å². The van der Waals surface area contributed by atoms with E-state index in [2.05, 4.69) is 15.0 Å². The summed E-state index contributed by atoms with van der Waals surface area (Å²) in [5.41, 5.74) is 2.51. The van der Waals surface area contributed by atoms with Crippen molar-refractivity contribution < 1.29 is 9.90 Å². The van der Waals surface area contributed by atoms with Gasteiger partial charge in [-0.05, 0) is 32.9 Å². The molecule has 0 atom stereocenters. The van der Waals surface area contributed by atoms with Gasteiger partial charge in [0.25, 0.3) is 0 Å². The van der Waals surface area contributed by atoms with Crippen molar-refractivity contribution in [2.45, 2.75) is 31.6 Å². The lowest BCUT2D eigenvalue weighted by molar-refractivity contribution is 0.0690. The molecule has 0 amide bonds. The molecule has 104 valence electrons. The highest BCUT2D eigenvalue weighted by atomic mass is 32.2. The van der Waals surface area contributed by atoms with Crippen molar-refractivity contribution in [2.75, 3.05) is 0 Å². The molecular weight excluding hydrogens is 274 g/mol. The van der Waals surface area contributed by atoms with Crippen LogP contribution in [0.4, 0.5) is 0 Å². The van der Waals surface area contributed by atoms with Gasteiger partial charge in [-0.3, -0.25) is 4.98 Å². The third-order valence-corrected chi connectivity index (χ3v) is 3.69. The molecule has 6 heteroatoms. The van der Waals surface area contributed by atoms with Crippen LogP contribution in [-0.4, -0.2) is 26.0 Å². The molecule has 0 aromatic carbocycles. The van der Waals surface area contributed by atoms with Gasteiger partial charge in [0.1, 0.15) is 16.4 Å². The Hall–Kier alpha value is -1.95. The van der Waals surface area contributed by atoms with Crippen LogP contribution in [0.5, 0.6) is 0 Å². The van der Waals surface area contributed by atoms with Gasteiger partial charge in [0.05, 0.1) is 11.4 Å². The molecule has 0 aliphatic carbocycles. The number of aromatic nitrogens is 3. The van der Waals surface area contributed by atoms with E-state index in [1.54, 1.807) is 13.8 Å². The quantitative estimate of drug-likeness (QED) is 0.689. The SMILES string of the molecule is Cc1cccc(CSc2nc(C)nc(C)c2C(=O)O)n1. The highest BCUT2D eigenvalue weighted by molar-refractivity contribution is 7.98. The number of aromatic carboxylic acids is 1. The molecule has 0 saturated carbocycles. The number of carbonyl (C=O) groups is 1. The predicted octanol–water partition coefficient (Wildman–Crippen LogP) is 2.79. The largest absolute Gasteiger partial charge is 0.478 e. The topological polar surface area (TPSA) is 76.0 Å². The van der Waals surface area contributed by atoms with Crippen molar-refractivity contribution in [2.24, 2.45) is 0 Å². The number of pyridine rings is 1. The van der Waals surface area contributed by atoms with Crippen molar-refractivity contribution in [3.63, 3.8) is 0 Å². The zero-order valence-corrected chi connectivity index (χ0v) is 12.4. The zero-order chi connectivity index (χ0) is 14.7. The van der Waals surface area contributed by atoms with Gasteiger partial charge in [-0.25, -0.2) is 14.8 Å². The number of carboxylic acids is 1. The second-order valence-electron chi connectivity index (χ2n) is 4.40. The molecule has 0 radical (unpaired) electrons. The number of nitrogens with zero attached hydrogens (tertiary/aromatic N) is 3. The van der Waals surface area contributed by atoms with Gasteiger partial charge >= 0.3 is 5.97 Å². The lowest BCUT2D eigenvalue weighted by Crippen LogP contribution is -2.08. The van der Waals surface area contributed by atoms with Gasteiger partial charge in [0, 0.05) is 11.4 Å². The molecule has 0 bridgehead atoms. The first-order valence-electron chi connectivity index (χ1n) is 6.11. The average molecular weight is 289 g/mol. The molecule has 5 nitrogen and oxygen atoms in total. The molecule has 0 aliphatic rings. The van der Waals surface area contributed by atoms with E-state index in [4.69, 9.17) is 0 Å². The molecule has 0 aliphatic heterocycles. The van der Waals surface area contributed by atoms with Crippen LogP contribution in [0.2, 0.25) is 0 Å². The van der Waals surface area contributed by atoms with Crippen LogP contribution in [0.1, 0.15) is 33.3 Å². The molecule has 2 aromatic heterocycles. The van der Waals surface area contributed by atoms with E-state index in [0.717, 1.165) is 11.4 Å². The normalized spacial score (nSPS) is 10.6. The highest BCUT2D eigenvalue weighted by Crippen LogP contribution is 2.25. The van der Waals surface area contributed by atoms with Crippen LogP contribution < -0.4 is 0 Å². The molecular formula is C14H15N3O2S. The van der Waals surface area contributed by atoms with Crippen LogP contribution in [0, 0.1) is 20.8 Å². The Morgan fingerprint density at radius 2 is 1.95 bits per heavy atom. The average Bonchev–Trinajstić information content (AvgIpc) is 2.35. The van der Waals surface area contributed by atoms with E-state index in [9.17, 15) is 9.90 Å². The summed E-state index contributed by atoms with van der Waals surface area (Å²) in [6.45, 7) is 5.37. The maximum atomic E-state index is 11.3. The summed E-state index contributed by atoms with van der Waals surface area (Å²) < 4.78 is 0. The summed E-state index contributed by atoms with van der Waals surface area (Å²) in [5.74, 6) is 0.159. The minimum absolute atomic E-state index is 0.174. The molecule has 2 heterocycles. The van der Waals surface area contributed by atoms with E-state index in [1.807, 2.05) is 25.1 Å². The van der Waals surface area contributed by atoms with Gasteiger partial charge in [0.2, 0.25) is 0 Å². The van der Waals surface area contributed by atoms with Gasteiger partial charge in [-0.2, -0.15) is 0 Å². The van der Waals surface area contributed by atoms with Crippen molar-refractivity contribution in [3.05, 3.63) is 46.7 Å². The monoisotopic (exact) mass is 289 g/mol. The smallest absolute Gasteiger partial charge is 0.340 e. The zero-order valence-electron chi connectivity index (χ0n) is 11.5. The minimum Gasteiger partial charge on any atom is -0.478 e. The third-order valence-electron chi connectivity index (χ3n) is 2.69. The summed E-state index contributed by atoms with van der Waals surface area (Å²) in [4.78, 5) is 24.0. The van der Waals surface area contributed by atoms with Gasteiger partial charge < -0.3 is 5.11 Å². The Balaban J connectivity index is 2.27. The van der Waals surface area contributed by atoms with Crippen LogP contribution in [-0.2, 0) is 5.75 Å². The van der Waals surface area contributed by atoms with E-state index in [0.29, 0.717) is 22.3 Å². The van der Waals surface area contributed by atoms with Crippen molar-refractivity contribution in [1.29, 1.82) is 0 Å². The van der Waals surface area contributed by atoms with Crippen LogP contribution in [0.25, 0.3) is 0 Å². The molecule has 1 N–H and O–H groups in total. The second-order valence-corrected chi connectivity index (χ2v) is 5.36. The number of hydrogen-bond acceptors (Lipinski definition) is 5. The second kappa shape index (κ2) is 6.00. The van der Waals surface area contributed by atoms with E-state index >= 15 is 0 Å². The number of hydrogen-bond donors (Lipinski definition) is 1. The van der Waals surface area contributed by atoms with Gasteiger partial charge in [-0.15, -0.1) is 0 Å². The molecule has 20 heavy (non-hydrogen) atoms. The summed E-state index contributed by atoms with van der Waals surface area (Å²) >= 11 is 1.37. The summed E-state index contributed by atoms with van der Waals surface area (Å²) in [6, 6.07) is 5.78. The highest BCUT2D eigenvalue weighted by Gasteiger charge is 2.17. The van der Waals surface area contributed by atoms with Gasteiger partial charge in [0.15, 0.2) is 0 Å². The molecule has 0 fully saturated rings. The van der Waals surface area contributed by atoms with Crippen molar-refractivity contribution in [1.82, 2.24) is 15.0 Å². The fraction of sp³-hybridized carbons (Fsp3) is 0.286. The molecule has 2 rings (SSSR count). The van der Waals surface area contributed by atoms with Crippen LogP contribution in [0.3, 0.4) is 0 Å². The van der Waals surface area contributed by atoms with Crippen LogP contribution >= 0.6 is 11.8 Å². The third kappa shape index (κ3) is 3.33. The fourth-order valence-corrected chi connectivity index (χ4v) is 2.88. The number of rotatable bonds is 4. The predicted molar refractivity (Wildman–Crippen MR) is 77.0 cm³/mol. The van der Waals surface area contributed by atoms with Crippen LogP contribution in [0.15, 0.2) is 23.2 Å². The first-order chi connectivity index (χ1) is 9.47. The van der Waals surface area contributed by atoms with E-state index in [-0.39, 0.29) is 5.56 Å². The standard InChI is InChI=1S/C14H15N3O2S/c1-8-5-4-6-11(15-8)7-20-13-12(14(18)19)9(2)16-10(3)17-13/h4-6H,7H2,1-3H3,(H,18,19). The first kappa shape index (κ1) is 14.5. The summed E-state index contributed by atoms with van der Waals surface area (Å²) in [5, 5.41) is 9.76. The number of aryl methyl sites for hydroxylation is 3. The Morgan fingerprint density at radius 1 is 1.20 bits per heavy atom. The molecule has 0 spiro atoms. The van der Waals surface area contributed by atoms with E-state index < -0.39 is 5.97 Å². The first-order valence-corrected chi connectivity index (χ1v) is 7.10. The van der Waals surface area contributed by atoms with E-state index in [1.165, 1.54) is 11.8 Å². The Labute approximate surface area is 121 Å². The Bertz CT molecular complexity index is 659. The summed E-state index contributed by atoms with van der Waals surface area (Å²) in [6.07, 6.45) is 0. The Morgan fingerprint density at radius 3 is 2.60 bits per heavy atom. The molecule has 2 aromatic rings. The maximum absolute atomic E-state index is 11.3. The molecule has 0 saturated heterocycles. The number of carboxylic acid groups (broad SMARTS) is 1. The lowest BCUT2D eigenvalue weighted by Gasteiger charge is -2.08. The fourth-order valence-electron chi connectivity index (χ4n) is 1.85. The maximum Gasteiger partial charge on any atom is 0.340 e. The number of thioether (sulfide) groups is 1. The lowest BCUT2D eigenvalue weighted by atomic mass is 10.2. The minimum atomic E-state index is -0.998. The van der Waals surface area contributed by atoms with Crippen molar-refractivity contribution in [3.8, 4) is 0 Å².